The van der Waals surface area contributed by atoms with Crippen molar-refractivity contribution in [2.24, 2.45) is 0 Å². The summed E-state index contributed by atoms with van der Waals surface area (Å²) in [6, 6.07) is 0.0650. The van der Waals surface area contributed by atoms with Crippen LogP contribution in [0.15, 0.2) is 0 Å². The zero-order valence-electron chi connectivity index (χ0n) is 11.0. The van der Waals surface area contributed by atoms with Gasteiger partial charge in [-0.1, -0.05) is 6.92 Å². The molecule has 0 aliphatic heterocycles. The van der Waals surface area contributed by atoms with Gasteiger partial charge in [-0.25, -0.2) is 0 Å². The molecule has 0 aromatic heterocycles. The summed E-state index contributed by atoms with van der Waals surface area (Å²) < 4.78 is 21.6. The van der Waals surface area contributed by atoms with Gasteiger partial charge in [0, 0.05) is 25.6 Å². The minimum absolute atomic E-state index is 0.0650. The standard InChI is InChI=1S/C10H22O5SSi/c1-5-12-17(13-6-2,14-7-3)9-10(11)15-16-8-4/h5-9H2,1-4H3. The number of carbonyl (C=O) groups excluding carboxylic acids is 1. The normalized spacial score (nSPS) is 11.5. The number of rotatable bonds is 10. The summed E-state index contributed by atoms with van der Waals surface area (Å²) in [5.74, 6) is 0.372. The second-order valence-electron chi connectivity index (χ2n) is 3.02. The fourth-order valence-corrected chi connectivity index (χ4v) is 3.98. The summed E-state index contributed by atoms with van der Waals surface area (Å²) >= 11 is 1.12. The third-order valence-electron chi connectivity index (χ3n) is 1.72. The zero-order chi connectivity index (χ0) is 13.1. The first-order valence-electron chi connectivity index (χ1n) is 5.88. The Morgan fingerprint density at radius 2 is 1.47 bits per heavy atom. The van der Waals surface area contributed by atoms with Crippen LogP contribution in [0.3, 0.4) is 0 Å². The predicted molar refractivity (Wildman–Crippen MR) is 69.7 cm³/mol. The monoisotopic (exact) mass is 282 g/mol. The lowest BCUT2D eigenvalue weighted by Crippen LogP contribution is -2.47. The molecule has 0 amide bonds. The Hall–Kier alpha value is -0.0831. The molecular formula is C10H22O5SSi. The van der Waals surface area contributed by atoms with Crippen LogP contribution in [0.25, 0.3) is 0 Å². The van der Waals surface area contributed by atoms with Crippen LogP contribution in [-0.2, 0) is 22.3 Å². The van der Waals surface area contributed by atoms with Gasteiger partial charge in [0.15, 0.2) is 0 Å². The zero-order valence-corrected chi connectivity index (χ0v) is 12.8. The van der Waals surface area contributed by atoms with Crippen LogP contribution >= 0.6 is 12.0 Å². The van der Waals surface area contributed by atoms with E-state index in [1.807, 2.05) is 27.7 Å². The molecule has 0 aromatic carbocycles. The Balaban J connectivity index is 4.46. The van der Waals surface area contributed by atoms with Gasteiger partial charge >= 0.3 is 14.8 Å². The molecule has 0 unspecified atom stereocenters. The van der Waals surface area contributed by atoms with E-state index in [1.165, 1.54) is 0 Å². The molecule has 0 atom stereocenters. The second kappa shape index (κ2) is 9.90. The van der Waals surface area contributed by atoms with Crippen molar-refractivity contribution in [3.63, 3.8) is 0 Å². The van der Waals surface area contributed by atoms with Crippen molar-refractivity contribution in [1.82, 2.24) is 0 Å². The molecule has 0 aliphatic rings. The lowest BCUT2D eigenvalue weighted by atomic mass is 10.8. The average Bonchev–Trinajstić information content (AvgIpc) is 2.27. The van der Waals surface area contributed by atoms with Crippen LogP contribution in [0, 0.1) is 0 Å². The molecule has 0 N–H and O–H groups in total. The summed E-state index contributed by atoms with van der Waals surface area (Å²) in [5, 5.41) is 0. The maximum absolute atomic E-state index is 11.6. The molecule has 0 radical (unpaired) electrons. The Bertz CT molecular complexity index is 198. The molecular weight excluding hydrogens is 260 g/mol. The maximum Gasteiger partial charge on any atom is 0.512 e. The van der Waals surface area contributed by atoms with Crippen LogP contribution in [-0.4, -0.2) is 40.3 Å². The van der Waals surface area contributed by atoms with Crippen molar-refractivity contribution in [3.8, 4) is 0 Å². The largest absolute Gasteiger partial charge is 0.512 e. The minimum atomic E-state index is -2.90. The van der Waals surface area contributed by atoms with E-state index in [4.69, 9.17) is 17.5 Å². The Morgan fingerprint density at radius 3 is 1.82 bits per heavy atom. The highest BCUT2D eigenvalue weighted by molar-refractivity contribution is 7.95. The molecule has 7 heteroatoms. The summed E-state index contributed by atoms with van der Waals surface area (Å²) in [4.78, 5) is 11.6. The van der Waals surface area contributed by atoms with Crippen molar-refractivity contribution in [3.05, 3.63) is 0 Å². The summed E-state index contributed by atoms with van der Waals surface area (Å²) in [7, 11) is -2.90. The van der Waals surface area contributed by atoms with E-state index in [-0.39, 0.29) is 12.0 Å². The highest BCUT2D eigenvalue weighted by Crippen LogP contribution is 2.18. The van der Waals surface area contributed by atoms with Crippen molar-refractivity contribution in [2.75, 3.05) is 25.6 Å². The second-order valence-corrected chi connectivity index (χ2v) is 6.59. The van der Waals surface area contributed by atoms with Crippen LogP contribution in [0.1, 0.15) is 27.7 Å². The molecule has 5 nitrogen and oxygen atoms in total. The molecule has 0 saturated heterocycles. The lowest BCUT2D eigenvalue weighted by Gasteiger charge is -2.27. The molecule has 0 spiro atoms. The number of hydrogen-bond donors (Lipinski definition) is 0. The van der Waals surface area contributed by atoms with Gasteiger partial charge in [0.2, 0.25) is 0 Å². The van der Waals surface area contributed by atoms with Crippen LogP contribution in [0.4, 0.5) is 0 Å². The van der Waals surface area contributed by atoms with Gasteiger partial charge in [-0.05, 0) is 20.8 Å². The van der Waals surface area contributed by atoms with Crippen LogP contribution in [0.5, 0.6) is 0 Å². The summed E-state index contributed by atoms with van der Waals surface area (Å²) in [5.41, 5.74) is 0. The molecule has 0 bridgehead atoms. The van der Waals surface area contributed by atoms with E-state index in [0.717, 1.165) is 17.8 Å². The summed E-state index contributed by atoms with van der Waals surface area (Å²) in [6.07, 6.45) is 0. The van der Waals surface area contributed by atoms with Gasteiger partial charge in [-0.15, -0.1) is 0 Å². The number of hydrogen-bond acceptors (Lipinski definition) is 6. The van der Waals surface area contributed by atoms with Gasteiger partial charge < -0.3 is 17.5 Å². The molecule has 0 aromatic rings. The SMILES string of the molecule is CCO[Si](CC(=O)OSCC)(OCC)OCC. The fourth-order valence-electron chi connectivity index (χ4n) is 1.27. The van der Waals surface area contributed by atoms with Crippen molar-refractivity contribution < 1.29 is 22.3 Å². The highest BCUT2D eigenvalue weighted by atomic mass is 32.2. The quantitative estimate of drug-likeness (QED) is 0.452. The maximum atomic E-state index is 11.6. The Morgan fingerprint density at radius 1 is 1.00 bits per heavy atom. The molecule has 0 fully saturated rings. The Labute approximate surface area is 109 Å². The molecule has 0 heterocycles. The number of carbonyl (C=O) groups is 1. The lowest BCUT2D eigenvalue weighted by molar-refractivity contribution is -0.131. The van der Waals surface area contributed by atoms with E-state index in [9.17, 15) is 4.79 Å². The van der Waals surface area contributed by atoms with E-state index >= 15 is 0 Å². The van der Waals surface area contributed by atoms with Gasteiger partial charge in [0.05, 0.1) is 12.0 Å². The van der Waals surface area contributed by atoms with Gasteiger partial charge in [0.1, 0.15) is 6.04 Å². The van der Waals surface area contributed by atoms with Gasteiger partial charge in [-0.3, -0.25) is 4.79 Å². The molecule has 17 heavy (non-hydrogen) atoms. The minimum Gasteiger partial charge on any atom is -0.391 e. The van der Waals surface area contributed by atoms with Crippen molar-refractivity contribution in [2.45, 2.75) is 33.7 Å². The average molecular weight is 282 g/mol. The molecule has 0 aliphatic carbocycles. The van der Waals surface area contributed by atoms with E-state index in [2.05, 4.69) is 0 Å². The van der Waals surface area contributed by atoms with Gasteiger partial charge in [0.25, 0.3) is 0 Å². The third kappa shape index (κ3) is 7.05. The predicted octanol–water partition coefficient (Wildman–Crippen LogP) is 2.25. The topological polar surface area (TPSA) is 54.0 Å². The first-order valence-corrected chi connectivity index (χ1v) is 8.72. The molecule has 0 saturated carbocycles. The van der Waals surface area contributed by atoms with Crippen molar-refractivity contribution in [1.29, 1.82) is 0 Å². The van der Waals surface area contributed by atoms with Crippen LogP contribution in [0.2, 0.25) is 6.04 Å². The van der Waals surface area contributed by atoms with E-state index in [1.54, 1.807) is 0 Å². The first-order chi connectivity index (χ1) is 8.14. The summed E-state index contributed by atoms with van der Waals surface area (Å²) in [6.45, 7) is 8.85. The van der Waals surface area contributed by atoms with E-state index in [0.29, 0.717) is 19.8 Å². The molecule has 102 valence electrons. The highest BCUT2D eigenvalue weighted by Gasteiger charge is 2.43. The van der Waals surface area contributed by atoms with Gasteiger partial charge in [-0.2, -0.15) is 0 Å². The Kier molecular flexibility index (Phi) is 9.85. The van der Waals surface area contributed by atoms with Crippen molar-refractivity contribution >= 4 is 26.8 Å². The smallest absolute Gasteiger partial charge is 0.391 e. The van der Waals surface area contributed by atoms with E-state index < -0.39 is 8.80 Å². The van der Waals surface area contributed by atoms with Crippen LogP contribution < -0.4 is 0 Å². The fraction of sp³-hybridized carbons (Fsp3) is 0.900. The third-order valence-corrected chi connectivity index (χ3v) is 5.17. The molecule has 0 rings (SSSR count). The first kappa shape index (κ1) is 16.9.